The Morgan fingerprint density at radius 1 is 1.53 bits per heavy atom. The van der Waals surface area contributed by atoms with Gasteiger partial charge in [0.25, 0.3) is 10.0 Å². The van der Waals surface area contributed by atoms with Crippen molar-refractivity contribution in [3.05, 3.63) is 18.3 Å². The lowest BCUT2D eigenvalue weighted by atomic mass is 10.6. The van der Waals surface area contributed by atoms with Gasteiger partial charge in [-0.3, -0.25) is 0 Å². The van der Waals surface area contributed by atoms with Gasteiger partial charge in [0.2, 0.25) is 0 Å². The Hall–Kier alpha value is -2.03. The molecule has 0 aromatic carbocycles. The number of oxazole rings is 1. The second-order valence-electron chi connectivity index (χ2n) is 3.45. The molecule has 0 saturated carbocycles. The molecule has 0 radical (unpaired) electrons. The molecular formula is C8H11N5O3S. The molecule has 9 heteroatoms. The highest BCUT2D eigenvalue weighted by Crippen LogP contribution is 2.19. The number of nitrogen functional groups attached to an aromatic ring is 1. The van der Waals surface area contributed by atoms with Crippen LogP contribution in [0.4, 0.5) is 11.8 Å². The third-order valence-electron chi connectivity index (χ3n) is 2.00. The number of anilines is 2. The summed E-state index contributed by atoms with van der Waals surface area (Å²) in [4.78, 5) is 7.54. The number of imidazole rings is 1. The van der Waals surface area contributed by atoms with E-state index < -0.39 is 10.0 Å². The summed E-state index contributed by atoms with van der Waals surface area (Å²) < 4.78 is 32.3. The third-order valence-corrected chi connectivity index (χ3v) is 3.45. The summed E-state index contributed by atoms with van der Waals surface area (Å²) in [5.74, 6) is -0.0803. The third kappa shape index (κ3) is 2.09. The summed E-state index contributed by atoms with van der Waals surface area (Å²) in [6.07, 6.45) is 2.65. The maximum absolute atomic E-state index is 12.0. The summed E-state index contributed by atoms with van der Waals surface area (Å²) in [6, 6.07) is -0.108. The second kappa shape index (κ2) is 3.77. The molecule has 0 spiro atoms. The van der Waals surface area contributed by atoms with Crippen molar-refractivity contribution in [2.45, 2.75) is 11.9 Å². The van der Waals surface area contributed by atoms with Crippen LogP contribution in [-0.4, -0.2) is 23.0 Å². The Kier molecular flexibility index (Phi) is 2.54. The van der Waals surface area contributed by atoms with Gasteiger partial charge in [-0.25, -0.2) is 9.71 Å². The quantitative estimate of drug-likeness (QED) is 0.805. The molecular weight excluding hydrogens is 246 g/mol. The highest BCUT2D eigenvalue weighted by atomic mass is 32.2. The predicted octanol–water partition coefficient (Wildman–Crippen LogP) is 0.0995. The van der Waals surface area contributed by atoms with Crippen LogP contribution < -0.4 is 10.5 Å². The molecule has 0 unspecified atom stereocenters. The van der Waals surface area contributed by atoms with Crippen LogP contribution in [0.15, 0.2) is 22.0 Å². The largest absolute Gasteiger partial charge is 0.431 e. The average molecular weight is 257 g/mol. The average Bonchev–Trinajstić information content (AvgIpc) is 2.73. The van der Waals surface area contributed by atoms with E-state index in [1.54, 1.807) is 6.92 Å². The molecule has 8 nitrogen and oxygen atoms in total. The Labute approximate surface area is 97.5 Å². The van der Waals surface area contributed by atoms with Crippen LogP contribution in [0.1, 0.15) is 5.69 Å². The summed E-state index contributed by atoms with van der Waals surface area (Å²) in [5.41, 5.74) is 6.05. The first-order chi connectivity index (χ1) is 7.90. The molecule has 0 bridgehead atoms. The minimum atomic E-state index is -3.85. The Morgan fingerprint density at radius 3 is 2.71 bits per heavy atom. The summed E-state index contributed by atoms with van der Waals surface area (Å²) in [5, 5.41) is -0.131. The van der Waals surface area contributed by atoms with Crippen molar-refractivity contribution in [2.24, 2.45) is 7.05 Å². The standard InChI is InChI=1S/C8H11N5O3S/c1-5-3-16-8(11-5)12-17(14,15)7-6(9)10-4-13(7)2/h3-4H,9H2,1-2H3,(H,11,12). The SMILES string of the molecule is Cc1coc(NS(=O)(=O)c2c(N)ncn2C)n1. The van der Waals surface area contributed by atoms with Gasteiger partial charge < -0.3 is 14.7 Å². The zero-order valence-electron chi connectivity index (χ0n) is 9.21. The van der Waals surface area contributed by atoms with Gasteiger partial charge in [-0.2, -0.15) is 13.4 Å². The topological polar surface area (TPSA) is 116 Å². The van der Waals surface area contributed by atoms with Crippen LogP contribution >= 0.6 is 0 Å². The molecule has 3 N–H and O–H groups in total. The molecule has 17 heavy (non-hydrogen) atoms. The lowest BCUT2D eigenvalue weighted by molar-refractivity contribution is 0.566. The van der Waals surface area contributed by atoms with Gasteiger partial charge in [-0.05, 0) is 6.92 Å². The van der Waals surface area contributed by atoms with Gasteiger partial charge >= 0.3 is 6.01 Å². The van der Waals surface area contributed by atoms with Crippen molar-refractivity contribution in [1.29, 1.82) is 0 Å². The number of aryl methyl sites for hydroxylation is 2. The maximum atomic E-state index is 12.0. The highest BCUT2D eigenvalue weighted by Gasteiger charge is 2.24. The second-order valence-corrected chi connectivity index (χ2v) is 5.04. The number of hydrogen-bond acceptors (Lipinski definition) is 6. The van der Waals surface area contributed by atoms with Crippen molar-refractivity contribution in [3.63, 3.8) is 0 Å². The smallest absolute Gasteiger partial charge is 0.309 e. The minimum Gasteiger partial charge on any atom is -0.431 e. The van der Waals surface area contributed by atoms with E-state index in [4.69, 9.17) is 10.2 Å². The first kappa shape index (κ1) is 11.5. The zero-order chi connectivity index (χ0) is 12.6. The lowest BCUT2D eigenvalue weighted by Crippen LogP contribution is -2.17. The van der Waals surface area contributed by atoms with Crippen LogP contribution in [0.5, 0.6) is 0 Å². The van der Waals surface area contributed by atoms with Crippen molar-refractivity contribution in [1.82, 2.24) is 14.5 Å². The van der Waals surface area contributed by atoms with Crippen molar-refractivity contribution >= 4 is 21.9 Å². The number of nitrogens with zero attached hydrogens (tertiary/aromatic N) is 3. The molecule has 0 atom stereocenters. The summed E-state index contributed by atoms with van der Waals surface area (Å²) >= 11 is 0. The molecule has 0 aliphatic heterocycles. The van der Waals surface area contributed by atoms with Crippen LogP contribution in [0, 0.1) is 6.92 Å². The van der Waals surface area contributed by atoms with Crippen LogP contribution in [-0.2, 0) is 17.1 Å². The summed E-state index contributed by atoms with van der Waals surface area (Å²) in [6.45, 7) is 1.68. The molecule has 2 heterocycles. The van der Waals surface area contributed by atoms with E-state index in [0.29, 0.717) is 5.69 Å². The fourth-order valence-electron chi connectivity index (χ4n) is 1.33. The van der Waals surface area contributed by atoms with Gasteiger partial charge in [0.1, 0.15) is 6.26 Å². The van der Waals surface area contributed by atoms with E-state index in [9.17, 15) is 8.42 Å². The van der Waals surface area contributed by atoms with E-state index in [1.165, 1.54) is 24.2 Å². The van der Waals surface area contributed by atoms with E-state index in [2.05, 4.69) is 14.7 Å². The molecule has 2 aromatic heterocycles. The first-order valence-electron chi connectivity index (χ1n) is 4.62. The Balaban J connectivity index is 2.38. The number of hydrogen-bond donors (Lipinski definition) is 2. The fraction of sp³-hybridized carbons (Fsp3) is 0.250. The number of nitrogens with two attached hydrogens (primary N) is 1. The van der Waals surface area contributed by atoms with E-state index in [1.807, 2.05) is 0 Å². The van der Waals surface area contributed by atoms with E-state index in [0.717, 1.165) is 0 Å². The fourth-order valence-corrected chi connectivity index (χ4v) is 2.50. The van der Waals surface area contributed by atoms with Crippen LogP contribution in [0.3, 0.4) is 0 Å². The molecule has 0 aliphatic rings. The molecule has 2 aromatic rings. The molecule has 92 valence electrons. The zero-order valence-corrected chi connectivity index (χ0v) is 10.0. The number of nitrogens with one attached hydrogen (secondary N) is 1. The Morgan fingerprint density at radius 2 is 2.24 bits per heavy atom. The predicted molar refractivity (Wildman–Crippen MR) is 59.7 cm³/mol. The van der Waals surface area contributed by atoms with Crippen molar-refractivity contribution < 1.29 is 12.8 Å². The summed E-state index contributed by atoms with van der Waals surface area (Å²) in [7, 11) is -2.32. The number of sulfonamides is 1. The van der Waals surface area contributed by atoms with Crippen LogP contribution in [0.2, 0.25) is 0 Å². The number of aromatic nitrogens is 3. The monoisotopic (exact) mass is 257 g/mol. The normalized spacial score (nSPS) is 11.6. The molecule has 0 saturated heterocycles. The van der Waals surface area contributed by atoms with E-state index in [-0.39, 0.29) is 16.9 Å². The number of rotatable bonds is 3. The molecule has 0 fully saturated rings. The molecule has 0 amide bonds. The minimum absolute atomic E-state index is 0.0803. The maximum Gasteiger partial charge on any atom is 0.309 e. The van der Waals surface area contributed by atoms with Crippen molar-refractivity contribution in [2.75, 3.05) is 10.5 Å². The lowest BCUT2D eigenvalue weighted by Gasteiger charge is -2.05. The van der Waals surface area contributed by atoms with Crippen molar-refractivity contribution in [3.8, 4) is 0 Å². The molecule has 0 aliphatic carbocycles. The van der Waals surface area contributed by atoms with Gasteiger partial charge in [0, 0.05) is 7.05 Å². The Bertz CT molecular complexity index is 622. The van der Waals surface area contributed by atoms with Gasteiger partial charge in [0.15, 0.2) is 10.8 Å². The van der Waals surface area contributed by atoms with Gasteiger partial charge in [-0.15, -0.1) is 0 Å². The van der Waals surface area contributed by atoms with Gasteiger partial charge in [0.05, 0.1) is 12.0 Å². The molecule has 2 rings (SSSR count). The van der Waals surface area contributed by atoms with Crippen LogP contribution in [0.25, 0.3) is 0 Å². The highest BCUT2D eigenvalue weighted by molar-refractivity contribution is 7.92. The van der Waals surface area contributed by atoms with E-state index >= 15 is 0 Å². The first-order valence-corrected chi connectivity index (χ1v) is 6.10. The van der Waals surface area contributed by atoms with Gasteiger partial charge in [-0.1, -0.05) is 0 Å².